The molecule has 1 atom stereocenters. The number of aromatic nitrogens is 1. The van der Waals surface area contributed by atoms with Crippen LogP contribution in [0.25, 0.3) is 0 Å². The SMILES string of the molecule is Cc1cnccc1NC(CN)C1CCCC1. The lowest BCUT2D eigenvalue weighted by atomic mass is 9.97. The molecule has 88 valence electrons. The summed E-state index contributed by atoms with van der Waals surface area (Å²) in [6, 6.07) is 2.45. The van der Waals surface area contributed by atoms with Gasteiger partial charge < -0.3 is 11.1 Å². The number of hydrogen-bond donors (Lipinski definition) is 2. The van der Waals surface area contributed by atoms with Crippen LogP contribution in [-0.2, 0) is 0 Å². The van der Waals surface area contributed by atoms with Gasteiger partial charge in [-0.3, -0.25) is 4.98 Å². The zero-order chi connectivity index (χ0) is 11.4. The van der Waals surface area contributed by atoms with E-state index in [1.54, 1.807) is 0 Å². The van der Waals surface area contributed by atoms with Gasteiger partial charge in [-0.1, -0.05) is 12.8 Å². The molecule has 3 heteroatoms. The van der Waals surface area contributed by atoms with Gasteiger partial charge in [-0.25, -0.2) is 0 Å². The summed E-state index contributed by atoms with van der Waals surface area (Å²) < 4.78 is 0. The summed E-state index contributed by atoms with van der Waals surface area (Å²) in [4.78, 5) is 4.10. The van der Waals surface area contributed by atoms with Crippen LogP contribution in [0.3, 0.4) is 0 Å². The number of anilines is 1. The molecule has 0 radical (unpaired) electrons. The van der Waals surface area contributed by atoms with Crippen LogP contribution in [-0.4, -0.2) is 17.6 Å². The summed E-state index contributed by atoms with van der Waals surface area (Å²) in [6.45, 7) is 2.80. The highest BCUT2D eigenvalue weighted by Gasteiger charge is 2.23. The van der Waals surface area contributed by atoms with E-state index in [9.17, 15) is 0 Å². The maximum absolute atomic E-state index is 5.87. The van der Waals surface area contributed by atoms with Crippen LogP contribution in [0.15, 0.2) is 18.5 Å². The van der Waals surface area contributed by atoms with Crippen LogP contribution in [0.5, 0.6) is 0 Å². The van der Waals surface area contributed by atoms with Gasteiger partial charge in [-0.05, 0) is 37.3 Å². The van der Waals surface area contributed by atoms with Crippen molar-refractivity contribution in [3.63, 3.8) is 0 Å². The van der Waals surface area contributed by atoms with E-state index in [0.717, 1.165) is 5.92 Å². The third-order valence-corrected chi connectivity index (χ3v) is 3.58. The molecule has 1 heterocycles. The Hall–Kier alpha value is -1.09. The van der Waals surface area contributed by atoms with Crippen LogP contribution in [0.1, 0.15) is 31.2 Å². The van der Waals surface area contributed by atoms with Gasteiger partial charge in [-0.2, -0.15) is 0 Å². The minimum atomic E-state index is 0.420. The van der Waals surface area contributed by atoms with Crippen molar-refractivity contribution >= 4 is 5.69 Å². The Morgan fingerprint density at radius 2 is 2.25 bits per heavy atom. The molecule has 0 saturated heterocycles. The number of rotatable bonds is 4. The van der Waals surface area contributed by atoms with Crippen LogP contribution in [0, 0.1) is 12.8 Å². The van der Waals surface area contributed by atoms with Crippen molar-refractivity contribution in [2.24, 2.45) is 11.7 Å². The van der Waals surface area contributed by atoms with E-state index in [4.69, 9.17) is 5.73 Å². The molecule has 16 heavy (non-hydrogen) atoms. The standard InChI is InChI=1S/C13H21N3/c1-10-9-15-7-6-12(10)16-13(8-14)11-4-2-3-5-11/h6-7,9,11,13H,2-5,8,14H2,1H3,(H,15,16). The Bertz CT molecular complexity index is 332. The summed E-state index contributed by atoms with van der Waals surface area (Å²) in [5.41, 5.74) is 8.24. The first kappa shape index (κ1) is 11.4. The maximum atomic E-state index is 5.87. The molecule has 1 unspecified atom stereocenters. The second-order valence-corrected chi connectivity index (χ2v) is 4.72. The number of hydrogen-bond acceptors (Lipinski definition) is 3. The molecule has 1 aliphatic carbocycles. The van der Waals surface area contributed by atoms with Gasteiger partial charge in [0, 0.05) is 30.7 Å². The fourth-order valence-electron chi connectivity index (χ4n) is 2.56. The van der Waals surface area contributed by atoms with Gasteiger partial charge in [-0.15, -0.1) is 0 Å². The Morgan fingerprint density at radius 1 is 1.50 bits per heavy atom. The predicted octanol–water partition coefficient (Wildman–Crippen LogP) is 2.32. The third-order valence-electron chi connectivity index (χ3n) is 3.58. The molecule has 1 aliphatic rings. The average molecular weight is 219 g/mol. The zero-order valence-electron chi connectivity index (χ0n) is 9.95. The molecule has 1 saturated carbocycles. The quantitative estimate of drug-likeness (QED) is 0.817. The minimum Gasteiger partial charge on any atom is -0.380 e. The first-order valence-electron chi connectivity index (χ1n) is 6.18. The van der Waals surface area contributed by atoms with E-state index in [1.807, 2.05) is 18.5 Å². The second kappa shape index (κ2) is 5.30. The smallest absolute Gasteiger partial charge is 0.0412 e. The van der Waals surface area contributed by atoms with Crippen LogP contribution >= 0.6 is 0 Å². The largest absolute Gasteiger partial charge is 0.380 e. The molecule has 3 nitrogen and oxygen atoms in total. The van der Waals surface area contributed by atoms with Crippen LogP contribution in [0.4, 0.5) is 5.69 Å². The number of nitrogens with zero attached hydrogens (tertiary/aromatic N) is 1. The number of nitrogens with two attached hydrogens (primary N) is 1. The van der Waals surface area contributed by atoms with Gasteiger partial charge >= 0.3 is 0 Å². The molecular weight excluding hydrogens is 198 g/mol. The molecule has 3 N–H and O–H groups in total. The van der Waals surface area contributed by atoms with Crippen molar-refractivity contribution in [1.29, 1.82) is 0 Å². The molecule has 0 aliphatic heterocycles. The average Bonchev–Trinajstić information content (AvgIpc) is 2.81. The van der Waals surface area contributed by atoms with Crippen LogP contribution < -0.4 is 11.1 Å². The highest BCUT2D eigenvalue weighted by Crippen LogP contribution is 2.29. The summed E-state index contributed by atoms with van der Waals surface area (Å²) in [6.07, 6.45) is 9.08. The monoisotopic (exact) mass is 219 g/mol. The fourth-order valence-corrected chi connectivity index (χ4v) is 2.56. The normalized spacial score (nSPS) is 18.6. The van der Waals surface area contributed by atoms with E-state index in [-0.39, 0.29) is 0 Å². The molecule has 0 aromatic carbocycles. The van der Waals surface area contributed by atoms with Gasteiger partial charge in [0.2, 0.25) is 0 Å². The Balaban J connectivity index is 2.03. The van der Waals surface area contributed by atoms with Gasteiger partial charge in [0.1, 0.15) is 0 Å². The lowest BCUT2D eigenvalue weighted by molar-refractivity contribution is 0.462. The first-order chi connectivity index (χ1) is 7.81. The van der Waals surface area contributed by atoms with E-state index in [1.165, 1.54) is 36.9 Å². The van der Waals surface area contributed by atoms with Gasteiger partial charge in [0.05, 0.1) is 0 Å². The van der Waals surface area contributed by atoms with Crippen molar-refractivity contribution in [2.75, 3.05) is 11.9 Å². The highest BCUT2D eigenvalue weighted by molar-refractivity contribution is 5.49. The van der Waals surface area contributed by atoms with Gasteiger partial charge in [0.25, 0.3) is 0 Å². The zero-order valence-corrected chi connectivity index (χ0v) is 9.95. The molecule has 0 spiro atoms. The van der Waals surface area contributed by atoms with E-state index in [0.29, 0.717) is 12.6 Å². The van der Waals surface area contributed by atoms with Crippen molar-refractivity contribution < 1.29 is 0 Å². The lowest BCUT2D eigenvalue weighted by Gasteiger charge is -2.25. The summed E-state index contributed by atoms with van der Waals surface area (Å²) in [5, 5.41) is 3.57. The molecule has 0 amide bonds. The van der Waals surface area contributed by atoms with E-state index >= 15 is 0 Å². The predicted molar refractivity (Wildman–Crippen MR) is 67.4 cm³/mol. The number of aryl methyl sites for hydroxylation is 1. The molecular formula is C13H21N3. The lowest BCUT2D eigenvalue weighted by Crippen LogP contribution is -2.35. The maximum Gasteiger partial charge on any atom is 0.0412 e. The Labute approximate surface area is 97.5 Å². The third kappa shape index (κ3) is 2.53. The minimum absolute atomic E-state index is 0.420. The van der Waals surface area contributed by atoms with Crippen LogP contribution in [0.2, 0.25) is 0 Å². The van der Waals surface area contributed by atoms with E-state index < -0.39 is 0 Å². The Morgan fingerprint density at radius 3 is 2.88 bits per heavy atom. The van der Waals surface area contributed by atoms with Crippen molar-refractivity contribution in [2.45, 2.75) is 38.6 Å². The van der Waals surface area contributed by atoms with E-state index in [2.05, 4.69) is 17.2 Å². The molecule has 1 aromatic rings. The molecule has 1 fully saturated rings. The molecule has 0 bridgehead atoms. The summed E-state index contributed by atoms with van der Waals surface area (Å²) in [7, 11) is 0. The van der Waals surface area contributed by atoms with Crippen molar-refractivity contribution in [1.82, 2.24) is 4.98 Å². The van der Waals surface area contributed by atoms with Crippen molar-refractivity contribution in [3.05, 3.63) is 24.0 Å². The summed E-state index contributed by atoms with van der Waals surface area (Å²) >= 11 is 0. The fraction of sp³-hybridized carbons (Fsp3) is 0.615. The first-order valence-corrected chi connectivity index (χ1v) is 6.18. The number of pyridine rings is 1. The molecule has 2 rings (SSSR count). The highest BCUT2D eigenvalue weighted by atomic mass is 15.0. The topological polar surface area (TPSA) is 50.9 Å². The van der Waals surface area contributed by atoms with Crippen molar-refractivity contribution in [3.8, 4) is 0 Å². The molecule has 1 aromatic heterocycles. The summed E-state index contributed by atoms with van der Waals surface area (Å²) in [5.74, 6) is 0.748. The Kier molecular flexibility index (Phi) is 3.78. The number of nitrogens with one attached hydrogen (secondary N) is 1. The van der Waals surface area contributed by atoms with Gasteiger partial charge in [0.15, 0.2) is 0 Å². The second-order valence-electron chi connectivity index (χ2n) is 4.72.